The smallest absolute Gasteiger partial charge is 0.790 e. The van der Waals surface area contributed by atoms with Gasteiger partial charge in [0.25, 0.3) is 0 Å². The molecule has 0 bridgehead atoms. The molecule has 0 amide bonds. The van der Waals surface area contributed by atoms with E-state index in [1.165, 1.54) is 0 Å². The second-order valence-electron chi connectivity index (χ2n) is 1.34. The van der Waals surface area contributed by atoms with Crippen LogP contribution in [0.3, 0.4) is 0 Å². The van der Waals surface area contributed by atoms with Crippen molar-refractivity contribution >= 4 is 42.6 Å². The van der Waals surface area contributed by atoms with Crippen LogP contribution in [0.1, 0.15) is 0 Å². The Balaban J connectivity index is -0.000000405. The van der Waals surface area contributed by atoms with Gasteiger partial charge in [0.1, 0.15) is 0 Å². The maximum absolute atomic E-state index is 9.75. The van der Waals surface area contributed by atoms with Gasteiger partial charge >= 0.3 is 59.1 Å². The molecule has 0 N–H and O–H groups in total. The van der Waals surface area contributed by atoms with E-state index in [-0.39, 0.29) is 59.1 Å². The fourth-order valence-corrected chi connectivity index (χ4v) is 0.896. The molecule has 0 saturated heterocycles. The second-order valence-corrected chi connectivity index (χ2v) is 5.00. The fourth-order valence-electron chi connectivity index (χ4n) is 0.152. The van der Waals surface area contributed by atoms with Gasteiger partial charge in [0, 0.05) is 0 Å². The van der Waals surface area contributed by atoms with Crippen molar-refractivity contribution in [2.45, 2.75) is 3.79 Å². The molecule has 0 aliphatic heterocycles. The summed E-state index contributed by atoms with van der Waals surface area (Å²) in [5, 5.41) is 0. The molecular formula is C2H2Cl3Na2O4P. The van der Waals surface area contributed by atoms with Crippen LogP contribution in [0.25, 0.3) is 0 Å². The van der Waals surface area contributed by atoms with E-state index in [9.17, 15) is 14.4 Å². The molecule has 0 atom stereocenters. The molecule has 12 heavy (non-hydrogen) atoms. The van der Waals surface area contributed by atoms with Crippen molar-refractivity contribution in [1.82, 2.24) is 0 Å². The Labute approximate surface area is 129 Å². The summed E-state index contributed by atoms with van der Waals surface area (Å²) in [5.74, 6) is 0. The first-order chi connectivity index (χ1) is 4.21. The van der Waals surface area contributed by atoms with Gasteiger partial charge in [-0.15, -0.1) is 0 Å². The Bertz CT molecular complexity index is 155. The molecule has 0 spiro atoms. The number of halogens is 3. The Hall–Kier alpha value is 2.98. The Morgan fingerprint density at radius 1 is 1.25 bits per heavy atom. The van der Waals surface area contributed by atoms with E-state index < -0.39 is 18.2 Å². The first-order valence-electron chi connectivity index (χ1n) is 1.94. The zero-order chi connectivity index (χ0) is 8.41. The summed E-state index contributed by atoms with van der Waals surface area (Å²) in [6.07, 6.45) is 0. The van der Waals surface area contributed by atoms with Gasteiger partial charge in [0.2, 0.25) is 3.79 Å². The van der Waals surface area contributed by atoms with Gasteiger partial charge in [0.05, 0.1) is 14.4 Å². The molecule has 62 valence electrons. The number of alkyl halides is 3. The molecule has 0 radical (unpaired) electrons. The third-order valence-electron chi connectivity index (χ3n) is 0.386. The summed E-state index contributed by atoms with van der Waals surface area (Å²) in [4.78, 5) is 19.5. The van der Waals surface area contributed by atoms with E-state index in [2.05, 4.69) is 4.52 Å². The van der Waals surface area contributed by atoms with Crippen LogP contribution in [0.2, 0.25) is 0 Å². The van der Waals surface area contributed by atoms with Gasteiger partial charge in [-0.2, -0.15) is 0 Å². The predicted octanol–water partition coefficient (Wildman–Crippen LogP) is -5.79. The fraction of sp³-hybridized carbons (Fsp3) is 1.00. The van der Waals surface area contributed by atoms with Crippen LogP contribution in [-0.2, 0) is 9.09 Å². The monoisotopic (exact) mass is 272 g/mol. The molecule has 0 aromatic heterocycles. The van der Waals surface area contributed by atoms with E-state index in [0.717, 1.165) is 0 Å². The normalized spacial score (nSPS) is 11.4. The number of phosphoric acid groups is 1. The van der Waals surface area contributed by atoms with Crippen LogP contribution < -0.4 is 68.9 Å². The minimum absolute atomic E-state index is 0. The minimum atomic E-state index is -5.02. The van der Waals surface area contributed by atoms with Crippen LogP contribution in [0.4, 0.5) is 0 Å². The quantitative estimate of drug-likeness (QED) is 0.285. The molecule has 0 aliphatic carbocycles. The van der Waals surface area contributed by atoms with Crippen LogP contribution in [-0.4, -0.2) is 10.4 Å². The van der Waals surface area contributed by atoms with Crippen molar-refractivity contribution in [1.29, 1.82) is 0 Å². The zero-order valence-electron chi connectivity index (χ0n) is 6.42. The summed E-state index contributed by atoms with van der Waals surface area (Å²) >= 11 is 15.1. The minimum Gasteiger partial charge on any atom is -0.790 e. The van der Waals surface area contributed by atoms with E-state index in [4.69, 9.17) is 34.8 Å². The molecule has 0 rings (SSSR count). The van der Waals surface area contributed by atoms with Crippen molar-refractivity contribution in [2.75, 3.05) is 6.61 Å². The average Bonchev–Trinajstić information content (AvgIpc) is 1.57. The summed E-state index contributed by atoms with van der Waals surface area (Å²) < 4.78 is 11.5. The Morgan fingerprint density at radius 2 is 1.58 bits per heavy atom. The van der Waals surface area contributed by atoms with Crippen LogP contribution in [0, 0.1) is 0 Å². The van der Waals surface area contributed by atoms with Crippen molar-refractivity contribution in [3.63, 3.8) is 0 Å². The number of hydrogen-bond acceptors (Lipinski definition) is 4. The predicted molar refractivity (Wildman–Crippen MR) is 33.8 cm³/mol. The van der Waals surface area contributed by atoms with Crippen molar-refractivity contribution in [3.05, 3.63) is 0 Å². The van der Waals surface area contributed by atoms with Gasteiger partial charge in [-0.3, -0.25) is 0 Å². The maximum atomic E-state index is 9.75. The van der Waals surface area contributed by atoms with Gasteiger partial charge in [-0.1, -0.05) is 34.8 Å². The number of phosphoric ester groups is 1. The second kappa shape index (κ2) is 8.17. The summed E-state index contributed by atoms with van der Waals surface area (Å²) in [5.41, 5.74) is 0. The van der Waals surface area contributed by atoms with Gasteiger partial charge < -0.3 is 18.9 Å². The molecule has 0 heterocycles. The first-order valence-corrected chi connectivity index (χ1v) is 4.53. The molecule has 4 nitrogen and oxygen atoms in total. The third kappa shape index (κ3) is 18.7. The van der Waals surface area contributed by atoms with Gasteiger partial charge in [0.15, 0.2) is 0 Å². The Morgan fingerprint density at radius 3 is 1.67 bits per heavy atom. The van der Waals surface area contributed by atoms with Crippen molar-refractivity contribution < 1.29 is 78.0 Å². The summed E-state index contributed by atoms with van der Waals surface area (Å²) in [6, 6.07) is 0. The summed E-state index contributed by atoms with van der Waals surface area (Å²) in [6.45, 7) is -0.762. The van der Waals surface area contributed by atoms with Gasteiger partial charge in [-0.25, -0.2) is 0 Å². The molecule has 0 saturated carbocycles. The molecule has 0 aromatic rings. The van der Waals surface area contributed by atoms with Gasteiger partial charge in [-0.05, 0) is 0 Å². The number of hydrogen-bond donors (Lipinski definition) is 0. The molecular weight excluding hydrogens is 271 g/mol. The zero-order valence-corrected chi connectivity index (χ0v) is 13.6. The molecule has 10 heteroatoms. The standard InChI is InChI=1S/C2H4Cl3O4P.2Na/c3-2(4,5)1-9-10(6,7)8;;/h1H2,(H2,6,7,8);;/q;2*+1/p-2. The first kappa shape index (κ1) is 20.4. The molecule has 0 fully saturated rings. The van der Waals surface area contributed by atoms with E-state index in [1.54, 1.807) is 0 Å². The van der Waals surface area contributed by atoms with Crippen LogP contribution >= 0.6 is 42.6 Å². The molecule has 0 aliphatic rings. The van der Waals surface area contributed by atoms with Crippen LogP contribution in [0.15, 0.2) is 0 Å². The number of rotatable bonds is 2. The maximum Gasteiger partial charge on any atom is 1.00 e. The van der Waals surface area contributed by atoms with Crippen molar-refractivity contribution in [2.24, 2.45) is 0 Å². The Kier molecular flexibility index (Phi) is 13.9. The van der Waals surface area contributed by atoms with E-state index in [0.29, 0.717) is 0 Å². The topological polar surface area (TPSA) is 72.4 Å². The van der Waals surface area contributed by atoms with Crippen molar-refractivity contribution in [3.8, 4) is 0 Å². The summed E-state index contributed by atoms with van der Waals surface area (Å²) in [7, 11) is -5.02. The van der Waals surface area contributed by atoms with E-state index in [1.807, 2.05) is 0 Å². The third-order valence-corrected chi connectivity index (χ3v) is 1.16. The molecule has 0 unspecified atom stereocenters. The largest absolute Gasteiger partial charge is 1.00 e. The van der Waals surface area contributed by atoms with E-state index >= 15 is 0 Å². The SMILES string of the molecule is O=P([O-])([O-])OCC(Cl)(Cl)Cl.[Na+].[Na+]. The van der Waals surface area contributed by atoms with Crippen LogP contribution in [0.5, 0.6) is 0 Å². The molecule has 0 aromatic carbocycles. The average molecular weight is 273 g/mol.